The van der Waals surface area contributed by atoms with Gasteiger partial charge in [-0.3, -0.25) is 4.90 Å². The second kappa shape index (κ2) is 20.6. The molecule has 0 amide bonds. The number of hydrogen-bond acceptors (Lipinski definition) is 4. The van der Waals surface area contributed by atoms with Gasteiger partial charge >= 0.3 is 0 Å². The van der Waals surface area contributed by atoms with Crippen molar-refractivity contribution in [1.82, 2.24) is 15.0 Å². The average molecular weight is 955 g/mol. The van der Waals surface area contributed by atoms with Gasteiger partial charge in [0, 0.05) is 28.3 Å². The Morgan fingerprint density at radius 2 is 0.676 bits per heavy atom. The van der Waals surface area contributed by atoms with Gasteiger partial charge in [0.1, 0.15) is 0 Å². The lowest BCUT2D eigenvalue weighted by atomic mass is 9.77. The van der Waals surface area contributed by atoms with Gasteiger partial charge in [0.05, 0.1) is 5.69 Å². The first-order valence-corrected chi connectivity index (χ1v) is 25.5. The summed E-state index contributed by atoms with van der Waals surface area (Å²) in [6.45, 7) is 13.4. The van der Waals surface area contributed by atoms with E-state index in [-0.39, 0.29) is 5.92 Å². The molecule has 0 saturated heterocycles. The predicted molar refractivity (Wildman–Crippen MR) is 309 cm³/mol. The van der Waals surface area contributed by atoms with Crippen LogP contribution < -0.4 is 4.90 Å². The minimum Gasteiger partial charge on any atom is -0.278 e. The molecule has 0 aliphatic rings. The molecule has 0 radical (unpaired) electrons. The summed E-state index contributed by atoms with van der Waals surface area (Å²) in [5, 5.41) is 0. The van der Waals surface area contributed by atoms with Crippen molar-refractivity contribution in [3.05, 3.63) is 287 Å². The maximum absolute atomic E-state index is 5.53. The normalized spacial score (nSPS) is 11.2. The lowest BCUT2D eigenvalue weighted by Gasteiger charge is -2.29. The molecular formula is C70H58N4. The van der Waals surface area contributed by atoms with E-state index in [1.807, 2.05) is 0 Å². The summed E-state index contributed by atoms with van der Waals surface area (Å²) in [4.78, 5) is 18.6. The van der Waals surface area contributed by atoms with Crippen molar-refractivity contribution in [2.75, 3.05) is 4.90 Å². The molecule has 0 fully saturated rings. The molecule has 0 N–H and O–H groups in total. The third kappa shape index (κ3) is 9.46. The lowest BCUT2D eigenvalue weighted by Crippen LogP contribution is -2.17. The van der Waals surface area contributed by atoms with Crippen molar-refractivity contribution >= 4 is 17.3 Å². The van der Waals surface area contributed by atoms with Crippen molar-refractivity contribution in [2.45, 2.75) is 47.5 Å². The highest BCUT2D eigenvalue weighted by Gasteiger charge is 2.27. The fraction of sp³-hybridized carbons (Fsp3) is 0.100. The van der Waals surface area contributed by atoms with E-state index >= 15 is 0 Å². The Bertz CT molecular complexity index is 3670. The molecular weight excluding hydrogens is 897 g/mol. The van der Waals surface area contributed by atoms with Crippen molar-refractivity contribution in [3.63, 3.8) is 0 Å². The molecule has 11 aromatic rings. The molecule has 0 spiro atoms. The largest absolute Gasteiger partial charge is 0.278 e. The monoisotopic (exact) mass is 954 g/mol. The molecule has 0 atom stereocenters. The number of aryl methyl sites for hydroxylation is 6. The molecule has 0 aliphatic heterocycles. The number of benzene rings is 10. The van der Waals surface area contributed by atoms with Crippen LogP contribution in [-0.2, 0) is 0 Å². The van der Waals surface area contributed by atoms with E-state index in [1.165, 1.54) is 61.2 Å². The van der Waals surface area contributed by atoms with Crippen LogP contribution in [0.1, 0.15) is 56.0 Å². The maximum atomic E-state index is 5.53. The molecule has 1 aromatic heterocycles. The Hall–Kier alpha value is -8.99. The molecule has 4 heteroatoms. The second-order valence-electron chi connectivity index (χ2n) is 19.6. The van der Waals surface area contributed by atoms with Crippen molar-refractivity contribution in [1.29, 1.82) is 0 Å². The van der Waals surface area contributed by atoms with Crippen LogP contribution in [0.2, 0.25) is 0 Å². The highest BCUT2D eigenvalue weighted by molar-refractivity contribution is 5.89. The van der Waals surface area contributed by atoms with E-state index in [0.717, 1.165) is 55.9 Å². The maximum Gasteiger partial charge on any atom is 0.238 e. The highest BCUT2D eigenvalue weighted by Crippen LogP contribution is 2.45. The molecule has 0 saturated carbocycles. The smallest absolute Gasteiger partial charge is 0.238 e. The van der Waals surface area contributed by atoms with E-state index in [9.17, 15) is 0 Å². The molecule has 4 nitrogen and oxygen atoms in total. The molecule has 358 valence electrons. The summed E-state index contributed by atoms with van der Waals surface area (Å²) < 4.78 is 0. The van der Waals surface area contributed by atoms with Gasteiger partial charge in [0.15, 0.2) is 11.6 Å². The number of anilines is 3. The zero-order valence-corrected chi connectivity index (χ0v) is 42.9. The second-order valence-corrected chi connectivity index (χ2v) is 19.6. The Morgan fingerprint density at radius 1 is 0.311 bits per heavy atom. The van der Waals surface area contributed by atoms with Crippen LogP contribution in [0.5, 0.6) is 0 Å². The third-order valence-electron chi connectivity index (χ3n) is 14.3. The molecule has 74 heavy (non-hydrogen) atoms. The van der Waals surface area contributed by atoms with Gasteiger partial charge in [-0.1, -0.05) is 230 Å². The Balaban J connectivity index is 1.12. The van der Waals surface area contributed by atoms with Gasteiger partial charge in [-0.2, -0.15) is 9.97 Å². The summed E-state index contributed by atoms with van der Waals surface area (Å²) >= 11 is 0. The molecule has 10 aromatic carbocycles. The van der Waals surface area contributed by atoms with Crippen LogP contribution in [-0.4, -0.2) is 15.0 Å². The van der Waals surface area contributed by atoms with E-state index in [0.29, 0.717) is 17.6 Å². The van der Waals surface area contributed by atoms with Crippen LogP contribution in [0.25, 0.3) is 67.3 Å². The van der Waals surface area contributed by atoms with Gasteiger partial charge in [-0.15, -0.1) is 0 Å². The third-order valence-corrected chi connectivity index (χ3v) is 14.3. The van der Waals surface area contributed by atoms with Crippen LogP contribution in [0, 0.1) is 41.5 Å². The Labute approximate surface area is 436 Å². The van der Waals surface area contributed by atoms with E-state index in [2.05, 4.69) is 283 Å². The van der Waals surface area contributed by atoms with Gasteiger partial charge < -0.3 is 0 Å². The fourth-order valence-corrected chi connectivity index (χ4v) is 11.1. The van der Waals surface area contributed by atoms with Crippen LogP contribution in [0.4, 0.5) is 17.3 Å². The van der Waals surface area contributed by atoms with Crippen molar-refractivity contribution in [3.8, 4) is 67.3 Å². The quantitative estimate of drug-likeness (QED) is 0.114. The summed E-state index contributed by atoms with van der Waals surface area (Å²) in [5.74, 6) is 1.68. The molecule has 11 rings (SSSR count). The molecule has 1 heterocycles. The molecule has 0 bridgehead atoms. The number of rotatable bonds is 12. The Kier molecular flexibility index (Phi) is 13.2. The minimum absolute atomic E-state index is 0.0165. The highest BCUT2D eigenvalue weighted by atomic mass is 15.3. The lowest BCUT2D eigenvalue weighted by molar-refractivity contribution is 0.919. The number of nitrogens with zero attached hydrogens (tertiary/aromatic N) is 4. The number of aromatic nitrogens is 3. The summed E-state index contributed by atoms with van der Waals surface area (Å²) in [6.07, 6.45) is 0. The summed E-state index contributed by atoms with van der Waals surface area (Å²) in [7, 11) is 0. The fourth-order valence-electron chi connectivity index (χ4n) is 11.1. The molecule has 0 unspecified atom stereocenters. The topological polar surface area (TPSA) is 41.9 Å². The zero-order valence-electron chi connectivity index (χ0n) is 42.9. The zero-order chi connectivity index (χ0) is 50.7. The van der Waals surface area contributed by atoms with Crippen molar-refractivity contribution < 1.29 is 0 Å². The van der Waals surface area contributed by atoms with E-state index in [1.54, 1.807) is 0 Å². The van der Waals surface area contributed by atoms with E-state index < -0.39 is 0 Å². The minimum atomic E-state index is 0.0165. The van der Waals surface area contributed by atoms with Gasteiger partial charge in [-0.05, 0) is 138 Å². The molecule has 0 aliphatic carbocycles. The average Bonchev–Trinajstić information content (AvgIpc) is 3.43. The van der Waals surface area contributed by atoms with Gasteiger partial charge in [-0.25, -0.2) is 4.98 Å². The van der Waals surface area contributed by atoms with Crippen LogP contribution >= 0.6 is 0 Å². The summed E-state index contributed by atoms with van der Waals surface area (Å²) in [6, 6.07) is 84.3. The standard InChI is InChI=1S/C70H58N4/c1-46-42-48(3)65(49(4)43-46)67(66-50(5)44-47(2)45-51(66)6)56-38-40-58(41-39-56)74(64-33-21-20-31-62(64)54-26-14-9-15-27-54)70-72-68(71-69(73-70)63-32-19-18-30-61(63)53-24-12-8-13-25-53)57-36-34-55(35-37-57)60-29-17-16-28-59(60)52-22-10-7-11-23-52/h7-45,67H,1-6H3. The van der Waals surface area contributed by atoms with Crippen molar-refractivity contribution in [2.24, 2.45) is 0 Å². The van der Waals surface area contributed by atoms with Crippen LogP contribution in [0.3, 0.4) is 0 Å². The summed E-state index contributed by atoms with van der Waals surface area (Å²) in [5.41, 5.74) is 24.2. The first-order chi connectivity index (χ1) is 36.2. The predicted octanol–water partition coefficient (Wildman–Crippen LogP) is 18.4. The van der Waals surface area contributed by atoms with Gasteiger partial charge in [0.25, 0.3) is 0 Å². The first kappa shape index (κ1) is 47.3. The van der Waals surface area contributed by atoms with Crippen LogP contribution in [0.15, 0.2) is 237 Å². The van der Waals surface area contributed by atoms with E-state index in [4.69, 9.17) is 15.0 Å². The van der Waals surface area contributed by atoms with Gasteiger partial charge in [0.2, 0.25) is 5.95 Å². The number of hydrogen-bond donors (Lipinski definition) is 0. The number of para-hydroxylation sites is 1. The Morgan fingerprint density at radius 3 is 1.16 bits per heavy atom. The first-order valence-electron chi connectivity index (χ1n) is 25.5. The SMILES string of the molecule is Cc1cc(C)c(C(c2ccc(N(c3nc(-c4ccc(-c5ccccc5-c5ccccc5)cc4)nc(-c4ccccc4-c4ccccc4)n3)c3ccccc3-c3ccccc3)cc2)c2c(C)cc(C)cc2C)c(C)c1.